The third-order valence-corrected chi connectivity index (χ3v) is 2.22. The van der Waals surface area contributed by atoms with Crippen LogP contribution in [-0.2, 0) is 0 Å². The van der Waals surface area contributed by atoms with Gasteiger partial charge in [-0.1, -0.05) is 0 Å². The summed E-state index contributed by atoms with van der Waals surface area (Å²) in [5.41, 5.74) is 0. The maximum absolute atomic E-state index is 5.91. The number of hydrogen-bond donors (Lipinski definition) is 1. The Kier molecular flexibility index (Phi) is 4.69. The highest BCUT2D eigenvalue weighted by molar-refractivity contribution is 6.20. The first-order valence-electron chi connectivity index (χ1n) is 5.02. The van der Waals surface area contributed by atoms with Crippen molar-refractivity contribution in [1.82, 2.24) is 4.98 Å². The summed E-state index contributed by atoms with van der Waals surface area (Å²) < 4.78 is 5.03. The van der Waals surface area contributed by atoms with Crippen LogP contribution < -0.4 is 10.1 Å². The largest absolute Gasteiger partial charge is 0.495 e. The number of methoxy groups -OCH3 is 1. The molecule has 84 valence electrons. The number of halogens is 1. The van der Waals surface area contributed by atoms with Gasteiger partial charge < -0.3 is 10.1 Å². The molecule has 3 nitrogen and oxygen atoms in total. The Balaban J connectivity index is 2.49. The minimum atomic E-state index is 0.172. The van der Waals surface area contributed by atoms with Crippen LogP contribution in [0.4, 0.5) is 5.82 Å². The van der Waals surface area contributed by atoms with Crippen molar-refractivity contribution in [1.29, 1.82) is 0 Å². The van der Waals surface area contributed by atoms with Gasteiger partial charge in [-0.2, -0.15) is 0 Å². The van der Waals surface area contributed by atoms with Crippen LogP contribution in [0.15, 0.2) is 18.3 Å². The second-order valence-corrected chi connectivity index (χ2v) is 4.39. The van der Waals surface area contributed by atoms with Gasteiger partial charge in [0.15, 0.2) is 0 Å². The molecule has 1 rings (SSSR count). The van der Waals surface area contributed by atoms with Crippen molar-refractivity contribution < 1.29 is 4.74 Å². The molecule has 1 N–H and O–H groups in total. The molecule has 4 heteroatoms. The van der Waals surface area contributed by atoms with E-state index < -0.39 is 0 Å². The summed E-state index contributed by atoms with van der Waals surface area (Å²) in [5, 5.41) is 3.45. The van der Waals surface area contributed by atoms with Crippen LogP contribution in [0.3, 0.4) is 0 Å². The number of aromatic nitrogens is 1. The Morgan fingerprint density at radius 1 is 1.47 bits per heavy atom. The fourth-order valence-electron chi connectivity index (χ4n) is 1.38. The first-order valence-corrected chi connectivity index (χ1v) is 5.46. The number of pyridine rings is 1. The molecule has 0 aliphatic rings. The molecule has 1 heterocycles. The van der Waals surface area contributed by atoms with Gasteiger partial charge in [0.1, 0.15) is 11.6 Å². The van der Waals surface area contributed by atoms with Crippen LogP contribution >= 0.6 is 11.6 Å². The number of rotatable bonds is 5. The van der Waals surface area contributed by atoms with Crippen molar-refractivity contribution in [3.63, 3.8) is 0 Å². The first kappa shape index (κ1) is 12.1. The van der Waals surface area contributed by atoms with Gasteiger partial charge in [0.25, 0.3) is 0 Å². The van der Waals surface area contributed by atoms with E-state index in [0.29, 0.717) is 6.04 Å². The highest BCUT2D eigenvalue weighted by Crippen LogP contribution is 2.14. The molecule has 0 aromatic carbocycles. The molecule has 0 saturated carbocycles. The van der Waals surface area contributed by atoms with Crippen molar-refractivity contribution in [3.05, 3.63) is 18.3 Å². The lowest BCUT2D eigenvalue weighted by molar-refractivity contribution is 0.413. The molecule has 1 aromatic rings. The zero-order chi connectivity index (χ0) is 11.3. The Bertz CT molecular complexity index is 287. The number of ether oxygens (including phenoxy) is 1. The second kappa shape index (κ2) is 5.81. The zero-order valence-corrected chi connectivity index (χ0v) is 10.1. The quantitative estimate of drug-likeness (QED) is 0.787. The topological polar surface area (TPSA) is 34.1 Å². The van der Waals surface area contributed by atoms with Crippen LogP contribution in [0.2, 0.25) is 0 Å². The molecule has 15 heavy (non-hydrogen) atoms. The molecule has 0 fully saturated rings. The van der Waals surface area contributed by atoms with Gasteiger partial charge in [-0.05, 0) is 32.4 Å². The van der Waals surface area contributed by atoms with Crippen LogP contribution in [0, 0.1) is 0 Å². The van der Waals surface area contributed by atoms with Crippen molar-refractivity contribution in [2.75, 3.05) is 12.4 Å². The SMILES string of the molecule is COc1ccc(NC(C)CC(C)Cl)nc1. The van der Waals surface area contributed by atoms with E-state index in [1.807, 2.05) is 19.1 Å². The van der Waals surface area contributed by atoms with Crippen molar-refractivity contribution >= 4 is 17.4 Å². The number of anilines is 1. The molecular formula is C11H17ClN2O. The second-order valence-electron chi connectivity index (χ2n) is 3.65. The molecule has 0 amide bonds. The Labute approximate surface area is 95.8 Å². The van der Waals surface area contributed by atoms with E-state index in [1.54, 1.807) is 13.3 Å². The molecule has 0 aliphatic carbocycles. The summed E-state index contributed by atoms with van der Waals surface area (Å²) >= 11 is 5.91. The van der Waals surface area contributed by atoms with Crippen LogP contribution in [0.1, 0.15) is 20.3 Å². The normalized spacial score (nSPS) is 14.4. The Morgan fingerprint density at radius 3 is 2.67 bits per heavy atom. The summed E-state index contributed by atoms with van der Waals surface area (Å²) in [5.74, 6) is 1.61. The predicted octanol–water partition coefficient (Wildman–Crippen LogP) is 2.91. The summed E-state index contributed by atoms with van der Waals surface area (Å²) in [6.07, 6.45) is 2.61. The number of alkyl halides is 1. The number of nitrogens with zero attached hydrogens (tertiary/aromatic N) is 1. The van der Waals surface area contributed by atoms with E-state index in [0.717, 1.165) is 18.0 Å². The molecule has 0 spiro atoms. The van der Waals surface area contributed by atoms with E-state index >= 15 is 0 Å². The molecule has 2 unspecified atom stereocenters. The van der Waals surface area contributed by atoms with Gasteiger partial charge in [-0.3, -0.25) is 0 Å². The maximum atomic E-state index is 5.91. The molecular weight excluding hydrogens is 212 g/mol. The van der Waals surface area contributed by atoms with Gasteiger partial charge in [-0.25, -0.2) is 4.98 Å². The smallest absolute Gasteiger partial charge is 0.137 e. The molecule has 0 aliphatic heterocycles. The lowest BCUT2D eigenvalue weighted by atomic mass is 10.2. The van der Waals surface area contributed by atoms with Crippen molar-refractivity contribution in [3.8, 4) is 5.75 Å². The van der Waals surface area contributed by atoms with E-state index in [1.165, 1.54) is 0 Å². The minimum absolute atomic E-state index is 0.172. The summed E-state index contributed by atoms with van der Waals surface area (Å²) in [6, 6.07) is 4.10. The average Bonchev–Trinajstić information content (AvgIpc) is 2.17. The van der Waals surface area contributed by atoms with Gasteiger partial charge in [0.05, 0.1) is 13.3 Å². The monoisotopic (exact) mass is 228 g/mol. The fraction of sp³-hybridized carbons (Fsp3) is 0.545. The summed E-state index contributed by atoms with van der Waals surface area (Å²) in [4.78, 5) is 4.22. The average molecular weight is 229 g/mol. The van der Waals surface area contributed by atoms with Crippen LogP contribution in [0.25, 0.3) is 0 Å². The van der Waals surface area contributed by atoms with E-state index in [-0.39, 0.29) is 5.38 Å². The van der Waals surface area contributed by atoms with Crippen molar-refractivity contribution in [2.24, 2.45) is 0 Å². The fourth-order valence-corrected chi connectivity index (χ4v) is 1.65. The summed E-state index contributed by atoms with van der Waals surface area (Å²) in [7, 11) is 1.63. The molecule has 0 bridgehead atoms. The van der Waals surface area contributed by atoms with Gasteiger partial charge in [0, 0.05) is 11.4 Å². The Hall–Kier alpha value is -0.960. The third kappa shape index (κ3) is 4.38. The van der Waals surface area contributed by atoms with E-state index in [9.17, 15) is 0 Å². The highest BCUT2D eigenvalue weighted by atomic mass is 35.5. The van der Waals surface area contributed by atoms with Gasteiger partial charge >= 0.3 is 0 Å². The standard InChI is InChI=1S/C11H17ClN2O/c1-8(12)6-9(2)14-11-5-4-10(15-3)7-13-11/h4-5,7-9H,6H2,1-3H3,(H,13,14). The lowest BCUT2D eigenvalue weighted by Crippen LogP contribution is -2.19. The van der Waals surface area contributed by atoms with Crippen LogP contribution in [-0.4, -0.2) is 23.5 Å². The number of nitrogens with one attached hydrogen (secondary N) is 1. The van der Waals surface area contributed by atoms with Gasteiger partial charge in [-0.15, -0.1) is 11.6 Å². The first-order chi connectivity index (χ1) is 7.11. The molecule has 2 atom stereocenters. The highest BCUT2D eigenvalue weighted by Gasteiger charge is 2.06. The third-order valence-electron chi connectivity index (χ3n) is 2.04. The molecule has 0 radical (unpaired) electrons. The minimum Gasteiger partial charge on any atom is -0.495 e. The summed E-state index contributed by atoms with van der Waals surface area (Å²) in [6.45, 7) is 4.08. The zero-order valence-electron chi connectivity index (χ0n) is 9.33. The molecule has 1 aromatic heterocycles. The maximum Gasteiger partial charge on any atom is 0.137 e. The van der Waals surface area contributed by atoms with E-state index in [4.69, 9.17) is 16.3 Å². The predicted molar refractivity (Wildman–Crippen MR) is 63.8 cm³/mol. The Morgan fingerprint density at radius 2 is 2.20 bits per heavy atom. The van der Waals surface area contributed by atoms with Crippen molar-refractivity contribution in [2.45, 2.75) is 31.7 Å². The van der Waals surface area contributed by atoms with Gasteiger partial charge in [0.2, 0.25) is 0 Å². The number of hydrogen-bond acceptors (Lipinski definition) is 3. The lowest BCUT2D eigenvalue weighted by Gasteiger charge is -2.15. The molecule has 0 saturated heterocycles. The van der Waals surface area contributed by atoms with E-state index in [2.05, 4.69) is 17.2 Å². The van der Waals surface area contributed by atoms with Crippen LogP contribution in [0.5, 0.6) is 5.75 Å².